The summed E-state index contributed by atoms with van der Waals surface area (Å²) in [5, 5.41) is 6.77. The van der Waals surface area contributed by atoms with Crippen molar-refractivity contribution in [2.45, 2.75) is 57.9 Å². The van der Waals surface area contributed by atoms with Crippen molar-refractivity contribution < 1.29 is 4.74 Å². The van der Waals surface area contributed by atoms with Gasteiger partial charge in [0.2, 0.25) is 0 Å². The molecule has 2 rings (SSSR count). The molecule has 0 radical (unpaired) electrons. The minimum atomic E-state index is -0.121. The highest BCUT2D eigenvalue weighted by Crippen LogP contribution is 2.37. The molecule has 1 aromatic rings. The molecule has 0 aliphatic carbocycles. The van der Waals surface area contributed by atoms with E-state index < -0.39 is 0 Å². The van der Waals surface area contributed by atoms with E-state index in [0.29, 0.717) is 6.04 Å². The normalized spacial score (nSPS) is 24.6. The van der Waals surface area contributed by atoms with Crippen molar-refractivity contribution in [3.63, 3.8) is 0 Å². The lowest BCUT2D eigenvalue weighted by Gasteiger charge is -2.27. The Kier molecular flexibility index (Phi) is 3.91. The lowest BCUT2D eigenvalue weighted by molar-refractivity contribution is -0.0699. The average Bonchev–Trinajstić information content (AvgIpc) is 2.77. The summed E-state index contributed by atoms with van der Waals surface area (Å²) in [5.74, 6) is 0. The van der Waals surface area contributed by atoms with Crippen molar-refractivity contribution in [1.29, 1.82) is 0 Å². The number of anilines is 1. The van der Waals surface area contributed by atoms with Gasteiger partial charge in [-0.2, -0.15) is 0 Å². The van der Waals surface area contributed by atoms with Gasteiger partial charge in [-0.1, -0.05) is 0 Å². The topological polar surface area (TPSA) is 37.4 Å². The van der Waals surface area contributed by atoms with Crippen molar-refractivity contribution in [3.05, 3.63) is 11.1 Å². The maximum atomic E-state index is 6.09. The van der Waals surface area contributed by atoms with E-state index in [4.69, 9.17) is 4.74 Å². The summed E-state index contributed by atoms with van der Waals surface area (Å²) in [5.41, 5.74) is 0.941. The molecule has 19 heavy (non-hydrogen) atoms. The van der Waals surface area contributed by atoms with Crippen LogP contribution in [0.3, 0.4) is 0 Å². The van der Waals surface area contributed by atoms with E-state index >= 15 is 0 Å². The van der Waals surface area contributed by atoms with E-state index in [1.807, 2.05) is 19.0 Å². The monoisotopic (exact) mass is 283 g/mol. The van der Waals surface area contributed by atoms with Crippen LogP contribution in [0, 0.1) is 0 Å². The van der Waals surface area contributed by atoms with Crippen molar-refractivity contribution in [2.24, 2.45) is 0 Å². The first-order valence-electron chi connectivity index (χ1n) is 6.75. The molecule has 0 amide bonds. The van der Waals surface area contributed by atoms with Gasteiger partial charge >= 0.3 is 0 Å². The van der Waals surface area contributed by atoms with Crippen LogP contribution in [0.5, 0.6) is 0 Å². The molecule has 1 aliphatic rings. The first-order chi connectivity index (χ1) is 8.70. The fraction of sp³-hybridized carbons (Fsp3) is 0.786. The Balaban J connectivity index is 1.95. The second-order valence-electron chi connectivity index (χ2n) is 6.62. The van der Waals surface area contributed by atoms with E-state index in [0.717, 1.165) is 23.8 Å². The fourth-order valence-corrected chi connectivity index (χ4v) is 3.45. The molecular weight excluding hydrogens is 258 g/mol. The fourth-order valence-electron chi connectivity index (χ4n) is 2.69. The average molecular weight is 283 g/mol. The molecule has 2 heterocycles. The van der Waals surface area contributed by atoms with Gasteiger partial charge in [0.1, 0.15) is 0 Å². The molecule has 0 spiro atoms. The zero-order valence-corrected chi connectivity index (χ0v) is 13.6. The summed E-state index contributed by atoms with van der Waals surface area (Å²) in [6, 6.07) is 0.368. The number of aromatic nitrogens is 1. The van der Waals surface area contributed by atoms with Crippen LogP contribution in [0.4, 0.5) is 5.13 Å². The van der Waals surface area contributed by atoms with Gasteiger partial charge in [0.15, 0.2) is 5.13 Å². The van der Waals surface area contributed by atoms with E-state index in [1.54, 1.807) is 11.3 Å². The second kappa shape index (κ2) is 5.04. The zero-order valence-electron chi connectivity index (χ0n) is 12.8. The highest BCUT2D eigenvalue weighted by Gasteiger charge is 2.45. The maximum absolute atomic E-state index is 6.09. The molecule has 1 N–H and O–H groups in total. The minimum absolute atomic E-state index is 0.0436. The molecule has 0 aromatic carbocycles. The third-order valence-electron chi connectivity index (χ3n) is 3.53. The molecule has 1 aliphatic heterocycles. The Labute approximate surface area is 120 Å². The molecule has 0 saturated carbocycles. The number of ether oxygens (including phenoxy) is 1. The van der Waals surface area contributed by atoms with Gasteiger partial charge in [0, 0.05) is 32.1 Å². The molecule has 1 atom stereocenters. The molecule has 1 fully saturated rings. The van der Waals surface area contributed by atoms with Crippen LogP contribution in [-0.2, 0) is 11.3 Å². The summed E-state index contributed by atoms with van der Waals surface area (Å²) in [6.07, 6.45) is 1.03. The number of rotatable bonds is 4. The molecule has 108 valence electrons. The molecule has 0 bridgehead atoms. The molecular formula is C14H25N3OS. The predicted octanol–water partition coefficient (Wildman–Crippen LogP) is 2.64. The van der Waals surface area contributed by atoms with Gasteiger partial charge in [-0.25, -0.2) is 4.98 Å². The van der Waals surface area contributed by atoms with E-state index in [2.05, 4.69) is 43.4 Å². The predicted molar refractivity (Wildman–Crippen MR) is 80.9 cm³/mol. The van der Waals surface area contributed by atoms with Crippen LogP contribution in [0.1, 0.15) is 39.8 Å². The number of nitrogens with zero attached hydrogens (tertiary/aromatic N) is 2. The third kappa shape index (κ3) is 3.46. The Morgan fingerprint density at radius 3 is 2.58 bits per heavy atom. The van der Waals surface area contributed by atoms with Gasteiger partial charge in [0.05, 0.1) is 16.9 Å². The number of nitrogens with one attached hydrogen (secondary N) is 1. The van der Waals surface area contributed by atoms with Crippen LogP contribution < -0.4 is 10.2 Å². The smallest absolute Gasteiger partial charge is 0.185 e. The summed E-state index contributed by atoms with van der Waals surface area (Å²) in [4.78, 5) is 6.64. The molecule has 1 saturated heterocycles. The molecule has 1 aromatic heterocycles. The van der Waals surface area contributed by atoms with E-state index in [9.17, 15) is 0 Å². The van der Waals surface area contributed by atoms with Crippen molar-refractivity contribution in [2.75, 3.05) is 19.0 Å². The summed E-state index contributed by atoms with van der Waals surface area (Å²) < 4.78 is 6.09. The SMILES string of the molecule is CN(C)c1nc(CN[C@H]2CC(C)(C)OC2(C)C)cs1. The quantitative estimate of drug-likeness (QED) is 0.922. The number of hydrogen-bond acceptors (Lipinski definition) is 5. The standard InChI is InChI=1S/C14H25N3OS/c1-13(2)7-11(14(3,4)18-13)15-8-10-9-19-12(16-10)17(5)6/h9,11,15H,7-8H2,1-6H3/t11-/m0/s1. The number of thiazole rings is 1. The Morgan fingerprint density at radius 2 is 2.11 bits per heavy atom. The lowest BCUT2D eigenvalue weighted by Crippen LogP contribution is -2.43. The minimum Gasteiger partial charge on any atom is -0.368 e. The Bertz CT molecular complexity index is 440. The van der Waals surface area contributed by atoms with Gasteiger partial charge in [-0.3, -0.25) is 0 Å². The highest BCUT2D eigenvalue weighted by atomic mass is 32.1. The van der Waals surface area contributed by atoms with Crippen molar-refractivity contribution in [1.82, 2.24) is 10.3 Å². The maximum Gasteiger partial charge on any atom is 0.185 e. The second-order valence-corrected chi connectivity index (χ2v) is 7.46. The summed E-state index contributed by atoms with van der Waals surface area (Å²) in [7, 11) is 4.04. The van der Waals surface area contributed by atoms with Crippen molar-refractivity contribution >= 4 is 16.5 Å². The first kappa shape index (κ1) is 14.8. The Morgan fingerprint density at radius 1 is 1.42 bits per heavy atom. The third-order valence-corrected chi connectivity index (χ3v) is 4.58. The summed E-state index contributed by atoms with van der Waals surface area (Å²) in [6.45, 7) is 9.43. The van der Waals surface area contributed by atoms with Crippen LogP contribution in [0.15, 0.2) is 5.38 Å². The van der Waals surface area contributed by atoms with Gasteiger partial charge in [0.25, 0.3) is 0 Å². The van der Waals surface area contributed by atoms with Crippen LogP contribution in [-0.4, -0.2) is 36.3 Å². The van der Waals surface area contributed by atoms with E-state index in [-0.39, 0.29) is 11.2 Å². The van der Waals surface area contributed by atoms with Crippen molar-refractivity contribution in [3.8, 4) is 0 Å². The van der Waals surface area contributed by atoms with Crippen LogP contribution in [0.25, 0.3) is 0 Å². The molecule has 0 unspecified atom stereocenters. The highest BCUT2D eigenvalue weighted by molar-refractivity contribution is 7.13. The summed E-state index contributed by atoms with van der Waals surface area (Å²) >= 11 is 1.68. The number of hydrogen-bond donors (Lipinski definition) is 1. The van der Waals surface area contributed by atoms with E-state index in [1.165, 1.54) is 0 Å². The van der Waals surface area contributed by atoms with Gasteiger partial charge in [-0.15, -0.1) is 11.3 Å². The Hall–Kier alpha value is -0.650. The lowest BCUT2D eigenvalue weighted by atomic mass is 9.94. The molecule has 4 nitrogen and oxygen atoms in total. The van der Waals surface area contributed by atoms with Crippen LogP contribution >= 0.6 is 11.3 Å². The largest absolute Gasteiger partial charge is 0.368 e. The first-order valence-corrected chi connectivity index (χ1v) is 7.63. The van der Waals surface area contributed by atoms with Gasteiger partial charge < -0.3 is 15.0 Å². The van der Waals surface area contributed by atoms with Gasteiger partial charge in [-0.05, 0) is 34.1 Å². The van der Waals surface area contributed by atoms with Crippen LogP contribution in [0.2, 0.25) is 0 Å². The molecule has 5 heteroatoms. The zero-order chi connectivity index (χ0) is 14.3.